The van der Waals surface area contributed by atoms with Crippen LogP contribution in [-0.2, 0) is 9.53 Å². The Morgan fingerprint density at radius 2 is 2.40 bits per heavy atom. The van der Waals surface area contributed by atoms with Crippen LogP contribution in [0.2, 0.25) is 0 Å². The predicted octanol–water partition coefficient (Wildman–Crippen LogP) is 0.744. The fourth-order valence-corrected chi connectivity index (χ4v) is 1.31. The highest BCUT2D eigenvalue weighted by molar-refractivity contribution is 5.71. The molecular formula is C7H12O3. The highest BCUT2D eigenvalue weighted by atomic mass is 16.5. The Morgan fingerprint density at radius 1 is 1.70 bits per heavy atom. The van der Waals surface area contributed by atoms with Crippen LogP contribution in [0.5, 0.6) is 0 Å². The standard InChI is InChI=1S/C7H12O3/c1-10-4-5-2-3-6(5)7(8)9/h5-6H,2-4H2,1H3,(H,8,9). The summed E-state index contributed by atoms with van der Waals surface area (Å²) in [5.41, 5.74) is 0. The quantitative estimate of drug-likeness (QED) is 0.635. The van der Waals surface area contributed by atoms with Crippen LogP contribution in [0.4, 0.5) is 0 Å². The Morgan fingerprint density at radius 3 is 2.70 bits per heavy atom. The smallest absolute Gasteiger partial charge is 0.306 e. The van der Waals surface area contributed by atoms with Gasteiger partial charge in [0.1, 0.15) is 0 Å². The zero-order chi connectivity index (χ0) is 7.56. The molecule has 3 nitrogen and oxygen atoms in total. The van der Waals surface area contributed by atoms with Crippen molar-refractivity contribution < 1.29 is 14.6 Å². The van der Waals surface area contributed by atoms with Crippen molar-refractivity contribution in [2.75, 3.05) is 13.7 Å². The Balaban J connectivity index is 2.28. The molecule has 1 aliphatic rings. The van der Waals surface area contributed by atoms with Gasteiger partial charge >= 0.3 is 5.97 Å². The molecule has 2 atom stereocenters. The van der Waals surface area contributed by atoms with Crippen molar-refractivity contribution >= 4 is 5.97 Å². The van der Waals surface area contributed by atoms with E-state index in [2.05, 4.69) is 0 Å². The number of carbonyl (C=O) groups is 1. The number of hydrogen-bond donors (Lipinski definition) is 1. The van der Waals surface area contributed by atoms with E-state index in [1.54, 1.807) is 7.11 Å². The molecule has 0 aromatic carbocycles. The van der Waals surface area contributed by atoms with Crippen molar-refractivity contribution in [3.63, 3.8) is 0 Å². The molecule has 0 heterocycles. The Labute approximate surface area is 60.0 Å². The van der Waals surface area contributed by atoms with E-state index in [1.165, 1.54) is 0 Å². The average molecular weight is 144 g/mol. The average Bonchev–Trinajstić information content (AvgIpc) is 1.78. The summed E-state index contributed by atoms with van der Waals surface area (Å²) < 4.78 is 4.86. The topological polar surface area (TPSA) is 46.5 Å². The van der Waals surface area contributed by atoms with E-state index in [9.17, 15) is 4.79 Å². The Bertz CT molecular complexity index is 133. The number of carboxylic acid groups (broad SMARTS) is 1. The second kappa shape index (κ2) is 3.01. The summed E-state index contributed by atoms with van der Waals surface area (Å²) in [6.07, 6.45) is 1.83. The molecule has 0 radical (unpaired) electrons. The van der Waals surface area contributed by atoms with Crippen molar-refractivity contribution in [1.29, 1.82) is 0 Å². The van der Waals surface area contributed by atoms with E-state index < -0.39 is 5.97 Å². The summed E-state index contributed by atoms with van der Waals surface area (Å²) in [5, 5.41) is 8.57. The number of aliphatic carboxylic acids is 1. The second-order valence-corrected chi connectivity index (χ2v) is 2.74. The molecule has 1 saturated carbocycles. The maximum absolute atomic E-state index is 10.4. The first-order valence-corrected chi connectivity index (χ1v) is 3.47. The van der Waals surface area contributed by atoms with Gasteiger partial charge in [-0.3, -0.25) is 4.79 Å². The molecule has 0 saturated heterocycles. The molecule has 1 fully saturated rings. The third kappa shape index (κ3) is 1.29. The summed E-state index contributed by atoms with van der Waals surface area (Å²) >= 11 is 0. The van der Waals surface area contributed by atoms with Gasteiger partial charge < -0.3 is 9.84 Å². The van der Waals surface area contributed by atoms with Gasteiger partial charge in [-0.25, -0.2) is 0 Å². The molecule has 0 aromatic rings. The molecule has 3 heteroatoms. The lowest BCUT2D eigenvalue weighted by Crippen LogP contribution is -2.35. The van der Waals surface area contributed by atoms with Gasteiger partial charge in [0.05, 0.1) is 5.92 Å². The van der Waals surface area contributed by atoms with E-state index in [0.717, 1.165) is 12.8 Å². The maximum atomic E-state index is 10.4. The first kappa shape index (κ1) is 7.54. The van der Waals surface area contributed by atoms with Crippen molar-refractivity contribution in [2.24, 2.45) is 11.8 Å². The van der Waals surface area contributed by atoms with Gasteiger partial charge in [0.2, 0.25) is 0 Å². The van der Waals surface area contributed by atoms with Crippen LogP contribution in [0.1, 0.15) is 12.8 Å². The third-order valence-electron chi connectivity index (χ3n) is 2.12. The van der Waals surface area contributed by atoms with Crippen LogP contribution in [0.3, 0.4) is 0 Å². The Hall–Kier alpha value is -0.570. The van der Waals surface area contributed by atoms with Gasteiger partial charge in [0, 0.05) is 13.7 Å². The fraction of sp³-hybridized carbons (Fsp3) is 0.857. The number of methoxy groups -OCH3 is 1. The van der Waals surface area contributed by atoms with Gasteiger partial charge in [-0.1, -0.05) is 0 Å². The van der Waals surface area contributed by atoms with Crippen molar-refractivity contribution in [3.05, 3.63) is 0 Å². The van der Waals surface area contributed by atoms with E-state index in [1.807, 2.05) is 0 Å². The van der Waals surface area contributed by atoms with Gasteiger partial charge in [-0.2, -0.15) is 0 Å². The van der Waals surface area contributed by atoms with Crippen LogP contribution in [0, 0.1) is 11.8 Å². The van der Waals surface area contributed by atoms with Crippen LogP contribution < -0.4 is 0 Å². The number of hydrogen-bond acceptors (Lipinski definition) is 2. The van der Waals surface area contributed by atoms with E-state index in [4.69, 9.17) is 9.84 Å². The SMILES string of the molecule is COCC1CCC1C(=O)O. The van der Waals surface area contributed by atoms with Gasteiger partial charge in [0.25, 0.3) is 0 Å². The van der Waals surface area contributed by atoms with Crippen molar-refractivity contribution in [1.82, 2.24) is 0 Å². The number of carboxylic acids is 1. The normalized spacial score (nSPS) is 31.3. The molecule has 0 bridgehead atoms. The fourth-order valence-electron chi connectivity index (χ4n) is 1.31. The highest BCUT2D eigenvalue weighted by Gasteiger charge is 2.36. The lowest BCUT2D eigenvalue weighted by molar-refractivity contribution is -0.149. The van der Waals surface area contributed by atoms with Crippen LogP contribution in [0.15, 0.2) is 0 Å². The predicted molar refractivity (Wildman–Crippen MR) is 35.7 cm³/mol. The number of ether oxygens (including phenoxy) is 1. The third-order valence-corrected chi connectivity index (χ3v) is 2.12. The number of rotatable bonds is 3. The molecule has 0 spiro atoms. The van der Waals surface area contributed by atoms with Crippen LogP contribution >= 0.6 is 0 Å². The van der Waals surface area contributed by atoms with Gasteiger partial charge in [-0.15, -0.1) is 0 Å². The summed E-state index contributed by atoms with van der Waals surface area (Å²) in [6.45, 7) is 0.594. The summed E-state index contributed by atoms with van der Waals surface area (Å²) in [6, 6.07) is 0. The first-order chi connectivity index (χ1) is 4.75. The largest absolute Gasteiger partial charge is 0.481 e. The first-order valence-electron chi connectivity index (χ1n) is 3.47. The minimum absolute atomic E-state index is 0.139. The molecular weight excluding hydrogens is 132 g/mol. The summed E-state index contributed by atoms with van der Waals surface area (Å²) in [7, 11) is 1.61. The molecule has 58 valence electrons. The minimum atomic E-state index is -0.673. The van der Waals surface area contributed by atoms with E-state index in [0.29, 0.717) is 6.61 Å². The molecule has 0 amide bonds. The van der Waals surface area contributed by atoms with Crippen molar-refractivity contribution in [3.8, 4) is 0 Å². The maximum Gasteiger partial charge on any atom is 0.306 e. The van der Waals surface area contributed by atoms with Crippen LogP contribution in [-0.4, -0.2) is 24.8 Å². The minimum Gasteiger partial charge on any atom is -0.481 e. The van der Waals surface area contributed by atoms with Crippen molar-refractivity contribution in [2.45, 2.75) is 12.8 Å². The van der Waals surface area contributed by atoms with Crippen LogP contribution in [0.25, 0.3) is 0 Å². The zero-order valence-electron chi connectivity index (χ0n) is 6.04. The van der Waals surface area contributed by atoms with Gasteiger partial charge in [-0.05, 0) is 18.8 Å². The molecule has 1 N–H and O–H groups in total. The molecule has 1 aliphatic carbocycles. The Kier molecular flexibility index (Phi) is 2.27. The summed E-state index contributed by atoms with van der Waals surface area (Å²) in [4.78, 5) is 10.4. The molecule has 0 aliphatic heterocycles. The van der Waals surface area contributed by atoms with E-state index in [-0.39, 0.29) is 11.8 Å². The lowest BCUT2D eigenvalue weighted by atomic mass is 9.74. The monoisotopic (exact) mass is 144 g/mol. The van der Waals surface area contributed by atoms with Gasteiger partial charge in [0.15, 0.2) is 0 Å². The molecule has 1 rings (SSSR count). The molecule has 10 heavy (non-hydrogen) atoms. The second-order valence-electron chi connectivity index (χ2n) is 2.74. The lowest BCUT2D eigenvalue weighted by Gasteiger charge is -2.32. The molecule has 2 unspecified atom stereocenters. The summed E-state index contributed by atoms with van der Waals surface area (Å²) in [5.74, 6) is -0.546. The molecule has 0 aromatic heterocycles. The zero-order valence-corrected chi connectivity index (χ0v) is 6.04. The van der Waals surface area contributed by atoms with E-state index >= 15 is 0 Å². The highest BCUT2D eigenvalue weighted by Crippen LogP contribution is 2.34.